The number of benzene rings is 2. The summed E-state index contributed by atoms with van der Waals surface area (Å²) in [5.41, 5.74) is -0.473. The lowest BCUT2D eigenvalue weighted by molar-refractivity contribution is -0.294. The zero-order valence-electron chi connectivity index (χ0n) is 15.2. The summed E-state index contributed by atoms with van der Waals surface area (Å²) in [6, 6.07) is 15.7. The van der Waals surface area contributed by atoms with Crippen molar-refractivity contribution in [3.63, 3.8) is 0 Å². The van der Waals surface area contributed by atoms with Gasteiger partial charge in [0, 0.05) is 12.1 Å². The van der Waals surface area contributed by atoms with E-state index < -0.39 is 35.7 Å². The average Bonchev–Trinajstić information content (AvgIpc) is 2.72. The van der Waals surface area contributed by atoms with Gasteiger partial charge in [-0.25, -0.2) is 0 Å². The van der Waals surface area contributed by atoms with Gasteiger partial charge in [0.1, 0.15) is 0 Å². The number of nitriles is 1. The van der Waals surface area contributed by atoms with E-state index >= 15 is 0 Å². The molecule has 0 atom stereocenters. The quantitative estimate of drug-likeness (QED) is 0.584. The Labute approximate surface area is 167 Å². The molecule has 5 nitrogen and oxygen atoms in total. The molecule has 0 radical (unpaired) electrons. The predicted molar refractivity (Wildman–Crippen MR) is 96.5 cm³/mol. The summed E-state index contributed by atoms with van der Waals surface area (Å²) in [6.07, 6.45) is -5.92. The Kier molecular flexibility index (Phi) is 5.64. The molecule has 0 bridgehead atoms. The highest BCUT2D eigenvalue weighted by Crippen LogP contribution is 2.42. The normalized spacial score (nSPS) is 11.9. The van der Waals surface area contributed by atoms with Crippen LogP contribution in [0.3, 0.4) is 0 Å². The van der Waals surface area contributed by atoms with Crippen LogP contribution in [0.4, 0.5) is 22.0 Å². The Balaban J connectivity index is 2.12. The van der Waals surface area contributed by atoms with Gasteiger partial charge in [-0.2, -0.15) is 27.2 Å². The van der Waals surface area contributed by atoms with E-state index in [9.17, 15) is 26.7 Å². The molecule has 3 rings (SSSR count). The second-order valence-electron chi connectivity index (χ2n) is 6.33. The first kappa shape index (κ1) is 21.1. The molecule has 1 heterocycles. The maximum Gasteiger partial charge on any atom is 0.461 e. The number of hydrogen-bond donors (Lipinski definition) is 0. The molecule has 0 saturated heterocycles. The molecule has 0 aliphatic carbocycles. The standard InChI is InChI=1S/C20H13F5N4O/c21-19(22,20(23,24)25)18-28-27-16(15-8-6-14(12-26)7-9-15)17(30)29(18)11-10-13-4-2-1-3-5-13/h1-9H,10-11H2. The van der Waals surface area contributed by atoms with Gasteiger partial charge in [0.15, 0.2) is 5.69 Å². The van der Waals surface area contributed by atoms with Gasteiger partial charge in [0.25, 0.3) is 5.56 Å². The first-order valence-corrected chi connectivity index (χ1v) is 8.62. The van der Waals surface area contributed by atoms with Gasteiger partial charge < -0.3 is 0 Å². The molecule has 3 aromatic rings. The fourth-order valence-electron chi connectivity index (χ4n) is 2.75. The first-order chi connectivity index (χ1) is 14.1. The van der Waals surface area contributed by atoms with Crippen LogP contribution in [0.25, 0.3) is 11.3 Å². The average molecular weight is 420 g/mol. The molecular formula is C20H13F5N4O. The van der Waals surface area contributed by atoms with E-state index in [4.69, 9.17) is 5.26 Å². The van der Waals surface area contributed by atoms with Crippen molar-refractivity contribution in [2.45, 2.75) is 25.1 Å². The van der Waals surface area contributed by atoms with Crippen LogP contribution in [0.15, 0.2) is 59.4 Å². The zero-order chi connectivity index (χ0) is 21.9. The van der Waals surface area contributed by atoms with Crippen molar-refractivity contribution >= 4 is 0 Å². The Morgan fingerprint density at radius 1 is 0.933 bits per heavy atom. The lowest BCUT2D eigenvalue weighted by Crippen LogP contribution is -2.42. The third-order valence-corrected chi connectivity index (χ3v) is 4.34. The molecule has 0 aliphatic rings. The lowest BCUT2D eigenvalue weighted by atomic mass is 10.1. The number of aryl methyl sites for hydroxylation is 1. The molecule has 1 aromatic heterocycles. The van der Waals surface area contributed by atoms with E-state index in [0.717, 1.165) is 0 Å². The summed E-state index contributed by atoms with van der Waals surface area (Å²) in [4.78, 5) is 12.8. The van der Waals surface area contributed by atoms with Gasteiger partial charge in [-0.05, 0) is 24.1 Å². The van der Waals surface area contributed by atoms with Gasteiger partial charge in [-0.1, -0.05) is 42.5 Å². The number of hydrogen-bond acceptors (Lipinski definition) is 4. The van der Waals surface area contributed by atoms with E-state index in [1.54, 1.807) is 30.3 Å². The fourth-order valence-corrected chi connectivity index (χ4v) is 2.75. The number of nitrogens with zero attached hydrogens (tertiary/aromatic N) is 4. The zero-order valence-corrected chi connectivity index (χ0v) is 15.2. The third-order valence-electron chi connectivity index (χ3n) is 4.34. The predicted octanol–water partition coefficient (Wildman–Crippen LogP) is 4.07. The second-order valence-corrected chi connectivity index (χ2v) is 6.33. The third kappa shape index (κ3) is 4.05. The Bertz CT molecular complexity index is 1130. The molecule has 0 N–H and O–H groups in total. The fraction of sp³-hybridized carbons (Fsp3) is 0.200. The van der Waals surface area contributed by atoms with Crippen LogP contribution in [0, 0.1) is 11.3 Å². The van der Waals surface area contributed by atoms with Crippen molar-refractivity contribution in [2.75, 3.05) is 0 Å². The van der Waals surface area contributed by atoms with Crippen molar-refractivity contribution in [3.05, 3.63) is 81.9 Å². The molecule has 0 fully saturated rings. The molecule has 0 amide bonds. The van der Waals surface area contributed by atoms with Crippen molar-refractivity contribution in [1.29, 1.82) is 5.26 Å². The van der Waals surface area contributed by atoms with E-state index in [2.05, 4.69) is 10.2 Å². The molecule has 0 saturated carbocycles. The van der Waals surface area contributed by atoms with Gasteiger partial charge >= 0.3 is 12.1 Å². The summed E-state index contributed by atoms with van der Waals surface area (Å²) >= 11 is 0. The highest BCUT2D eigenvalue weighted by Gasteiger charge is 2.62. The highest BCUT2D eigenvalue weighted by atomic mass is 19.4. The monoisotopic (exact) mass is 420 g/mol. The number of halogens is 5. The molecule has 2 aromatic carbocycles. The highest BCUT2D eigenvalue weighted by molar-refractivity contribution is 5.58. The van der Waals surface area contributed by atoms with Crippen LogP contribution >= 0.6 is 0 Å². The molecule has 0 aliphatic heterocycles. The number of aromatic nitrogens is 3. The Hall–Kier alpha value is -3.61. The van der Waals surface area contributed by atoms with Crippen molar-refractivity contribution in [2.24, 2.45) is 0 Å². The summed E-state index contributed by atoms with van der Waals surface area (Å²) in [6.45, 7) is -0.456. The van der Waals surface area contributed by atoms with E-state index in [1.807, 2.05) is 6.07 Å². The number of rotatable bonds is 5. The summed E-state index contributed by atoms with van der Waals surface area (Å²) in [5.74, 6) is -7.13. The van der Waals surface area contributed by atoms with E-state index in [1.165, 1.54) is 24.3 Å². The van der Waals surface area contributed by atoms with Crippen LogP contribution in [-0.2, 0) is 18.9 Å². The van der Waals surface area contributed by atoms with Gasteiger partial charge in [0.05, 0.1) is 11.6 Å². The van der Waals surface area contributed by atoms with Crippen LogP contribution in [0.1, 0.15) is 17.0 Å². The van der Waals surface area contributed by atoms with Gasteiger partial charge in [-0.3, -0.25) is 9.36 Å². The summed E-state index contributed by atoms with van der Waals surface area (Å²) in [5, 5.41) is 15.3. The van der Waals surface area contributed by atoms with Gasteiger partial charge in [0.2, 0.25) is 5.82 Å². The van der Waals surface area contributed by atoms with Crippen LogP contribution in [0.2, 0.25) is 0 Å². The maximum atomic E-state index is 14.0. The molecule has 10 heteroatoms. The minimum atomic E-state index is -5.95. The summed E-state index contributed by atoms with van der Waals surface area (Å²) < 4.78 is 67.2. The topological polar surface area (TPSA) is 71.6 Å². The van der Waals surface area contributed by atoms with E-state index in [0.29, 0.717) is 10.1 Å². The SMILES string of the molecule is N#Cc1ccc(-c2nnc(C(F)(F)C(F)(F)F)n(CCc3ccccc3)c2=O)cc1. The Morgan fingerprint density at radius 2 is 1.57 bits per heavy atom. The smallest absolute Gasteiger partial charge is 0.288 e. The minimum Gasteiger partial charge on any atom is -0.288 e. The van der Waals surface area contributed by atoms with Crippen LogP contribution in [-0.4, -0.2) is 20.9 Å². The summed E-state index contributed by atoms with van der Waals surface area (Å²) in [7, 11) is 0. The lowest BCUT2D eigenvalue weighted by Gasteiger charge is -2.22. The first-order valence-electron chi connectivity index (χ1n) is 8.62. The molecule has 0 spiro atoms. The largest absolute Gasteiger partial charge is 0.461 e. The van der Waals surface area contributed by atoms with Crippen LogP contribution < -0.4 is 5.56 Å². The molecular weight excluding hydrogens is 407 g/mol. The minimum absolute atomic E-state index is 0.0280. The Morgan fingerprint density at radius 3 is 2.13 bits per heavy atom. The molecule has 30 heavy (non-hydrogen) atoms. The van der Waals surface area contributed by atoms with Crippen molar-refractivity contribution in [1.82, 2.24) is 14.8 Å². The van der Waals surface area contributed by atoms with E-state index in [-0.39, 0.29) is 17.5 Å². The van der Waals surface area contributed by atoms with Crippen molar-refractivity contribution < 1.29 is 22.0 Å². The maximum absolute atomic E-state index is 14.0. The second kappa shape index (κ2) is 8.02. The molecule has 154 valence electrons. The molecule has 0 unspecified atom stereocenters. The van der Waals surface area contributed by atoms with Gasteiger partial charge in [-0.15, -0.1) is 10.2 Å². The number of alkyl halides is 5. The van der Waals surface area contributed by atoms with Crippen molar-refractivity contribution in [3.8, 4) is 17.3 Å². The van der Waals surface area contributed by atoms with Crippen LogP contribution in [0.5, 0.6) is 0 Å².